The van der Waals surface area contributed by atoms with Crippen molar-refractivity contribution in [2.24, 2.45) is 5.73 Å². The maximum atomic E-state index is 12.1. The van der Waals surface area contributed by atoms with Gasteiger partial charge in [-0.1, -0.05) is 24.3 Å². The molecule has 1 unspecified atom stereocenters. The third-order valence-electron chi connectivity index (χ3n) is 4.64. The number of amides is 2. The van der Waals surface area contributed by atoms with Crippen LogP contribution in [-0.4, -0.2) is 42.9 Å². The number of ether oxygens (including phenoxy) is 1. The predicted octanol–water partition coefficient (Wildman–Crippen LogP) is 1.71. The fourth-order valence-corrected chi connectivity index (χ4v) is 3.11. The topological polar surface area (TPSA) is 122 Å². The van der Waals surface area contributed by atoms with Gasteiger partial charge in [-0.15, -0.1) is 0 Å². The molecule has 1 aliphatic rings. The Kier molecular flexibility index (Phi) is 6.46. The molecule has 4 N–H and O–H groups in total. The molecule has 0 aliphatic carbocycles. The summed E-state index contributed by atoms with van der Waals surface area (Å²) in [5.41, 5.74) is 7.82. The quantitative estimate of drug-likeness (QED) is 0.623. The van der Waals surface area contributed by atoms with Gasteiger partial charge >= 0.3 is 6.09 Å². The van der Waals surface area contributed by atoms with E-state index in [1.807, 2.05) is 30.3 Å². The number of carbonyl (C=O) groups excluding carboxylic acids is 2. The summed E-state index contributed by atoms with van der Waals surface area (Å²) >= 11 is 0. The summed E-state index contributed by atoms with van der Waals surface area (Å²) in [7, 11) is 0. The van der Waals surface area contributed by atoms with Crippen LogP contribution in [-0.2, 0) is 9.53 Å². The van der Waals surface area contributed by atoms with E-state index >= 15 is 0 Å². The van der Waals surface area contributed by atoms with Gasteiger partial charge in [0.2, 0.25) is 11.3 Å². The SMILES string of the molecule is NC(=O)CCC1CN(c2ccc(-c3ccc(NCCO)c(=O)cc3)cc2)C(=O)O1. The number of primary amides is 1. The number of nitrogens with zero attached hydrogens (tertiary/aromatic N) is 1. The van der Waals surface area contributed by atoms with E-state index in [2.05, 4.69) is 5.32 Å². The van der Waals surface area contributed by atoms with E-state index < -0.39 is 12.0 Å². The first-order valence-corrected chi connectivity index (χ1v) is 9.34. The highest BCUT2D eigenvalue weighted by Gasteiger charge is 2.32. The van der Waals surface area contributed by atoms with Crippen LogP contribution in [0.5, 0.6) is 0 Å². The second-order valence-electron chi connectivity index (χ2n) is 6.72. The van der Waals surface area contributed by atoms with E-state index in [-0.39, 0.29) is 24.6 Å². The van der Waals surface area contributed by atoms with Crippen LogP contribution in [0.2, 0.25) is 0 Å². The fraction of sp³-hybridized carbons (Fsp3) is 0.286. The molecule has 8 heteroatoms. The minimum atomic E-state index is -0.450. The summed E-state index contributed by atoms with van der Waals surface area (Å²) < 4.78 is 5.28. The summed E-state index contributed by atoms with van der Waals surface area (Å²) in [6.07, 6.45) is -0.232. The van der Waals surface area contributed by atoms with Crippen LogP contribution in [0.1, 0.15) is 12.8 Å². The smallest absolute Gasteiger partial charge is 0.414 e. The van der Waals surface area contributed by atoms with Crippen molar-refractivity contribution in [1.82, 2.24) is 0 Å². The number of rotatable bonds is 8. The largest absolute Gasteiger partial charge is 0.444 e. The zero-order chi connectivity index (χ0) is 20.8. The highest BCUT2D eigenvalue weighted by Crippen LogP contribution is 2.27. The minimum absolute atomic E-state index is 0.0608. The number of hydrogen-bond donors (Lipinski definition) is 3. The van der Waals surface area contributed by atoms with E-state index in [9.17, 15) is 14.4 Å². The number of nitrogens with two attached hydrogens (primary N) is 1. The molecule has 8 nitrogen and oxygen atoms in total. The number of benzene rings is 1. The van der Waals surface area contributed by atoms with Gasteiger partial charge in [0.1, 0.15) is 6.10 Å². The molecule has 0 saturated carbocycles. The lowest BCUT2D eigenvalue weighted by Crippen LogP contribution is -2.24. The summed E-state index contributed by atoms with van der Waals surface area (Å²) in [6.45, 7) is 0.607. The molecular formula is C21H23N3O5. The maximum absolute atomic E-state index is 12.1. The normalized spacial score (nSPS) is 15.8. The Labute approximate surface area is 167 Å². The number of nitrogens with one attached hydrogen (secondary N) is 1. The zero-order valence-corrected chi connectivity index (χ0v) is 15.8. The lowest BCUT2D eigenvalue weighted by atomic mass is 10.1. The molecule has 0 bridgehead atoms. The van der Waals surface area contributed by atoms with Gasteiger partial charge in [0.25, 0.3) is 0 Å². The van der Waals surface area contributed by atoms with E-state index in [0.717, 1.165) is 11.1 Å². The Bertz CT molecular complexity index is 946. The Morgan fingerprint density at radius 2 is 1.76 bits per heavy atom. The highest BCUT2D eigenvalue weighted by atomic mass is 16.6. The van der Waals surface area contributed by atoms with E-state index in [1.54, 1.807) is 12.1 Å². The molecule has 1 heterocycles. The maximum Gasteiger partial charge on any atom is 0.414 e. The van der Waals surface area contributed by atoms with Gasteiger partial charge in [-0.25, -0.2) is 4.79 Å². The van der Waals surface area contributed by atoms with Crippen LogP contribution >= 0.6 is 0 Å². The van der Waals surface area contributed by atoms with Gasteiger partial charge in [-0.2, -0.15) is 0 Å². The summed E-state index contributed by atoms with van der Waals surface area (Å²) in [5, 5.41) is 11.8. The van der Waals surface area contributed by atoms with Crippen molar-refractivity contribution in [2.45, 2.75) is 18.9 Å². The number of carbonyl (C=O) groups is 2. The zero-order valence-electron chi connectivity index (χ0n) is 15.8. The van der Waals surface area contributed by atoms with Crippen molar-refractivity contribution < 1.29 is 19.4 Å². The molecule has 29 heavy (non-hydrogen) atoms. The van der Waals surface area contributed by atoms with Crippen molar-refractivity contribution >= 4 is 23.4 Å². The first-order chi connectivity index (χ1) is 14.0. The molecule has 0 spiro atoms. The Morgan fingerprint density at radius 3 is 2.41 bits per heavy atom. The third kappa shape index (κ3) is 5.11. The molecule has 152 valence electrons. The monoisotopic (exact) mass is 397 g/mol. The molecule has 0 radical (unpaired) electrons. The Morgan fingerprint density at radius 1 is 1.10 bits per heavy atom. The summed E-state index contributed by atoms with van der Waals surface area (Å²) in [6, 6.07) is 14.0. The molecule has 2 aromatic carbocycles. The number of aliphatic hydroxyl groups is 1. The van der Waals surface area contributed by atoms with Gasteiger partial charge in [0, 0.05) is 18.7 Å². The van der Waals surface area contributed by atoms with Gasteiger partial charge in [-0.05, 0) is 41.8 Å². The van der Waals surface area contributed by atoms with Crippen LogP contribution in [0, 0.1) is 0 Å². The molecule has 1 aliphatic heterocycles. The average molecular weight is 397 g/mol. The highest BCUT2D eigenvalue weighted by molar-refractivity contribution is 5.90. The number of aliphatic hydroxyl groups excluding tert-OH is 1. The second kappa shape index (κ2) is 9.20. The molecule has 1 atom stereocenters. The molecular weight excluding hydrogens is 374 g/mol. The minimum Gasteiger partial charge on any atom is -0.444 e. The van der Waals surface area contributed by atoms with Crippen molar-refractivity contribution in [3.8, 4) is 11.1 Å². The predicted molar refractivity (Wildman–Crippen MR) is 110 cm³/mol. The average Bonchev–Trinajstić information content (AvgIpc) is 2.98. The van der Waals surface area contributed by atoms with Crippen LogP contribution in [0.4, 0.5) is 16.2 Å². The van der Waals surface area contributed by atoms with Gasteiger partial charge in [-0.3, -0.25) is 14.5 Å². The van der Waals surface area contributed by atoms with Gasteiger partial charge < -0.3 is 20.9 Å². The van der Waals surface area contributed by atoms with E-state index in [4.69, 9.17) is 15.6 Å². The molecule has 1 fully saturated rings. The first-order valence-electron chi connectivity index (χ1n) is 9.34. The van der Waals surface area contributed by atoms with Gasteiger partial charge in [0.05, 0.1) is 18.8 Å². The fourth-order valence-electron chi connectivity index (χ4n) is 3.11. The van der Waals surface area contributed by atoms with Gasteiger partial charge in [0.15, 0.2) is 0 Å². The lowest BCUT2D eigenvalue weighted by Gasteiger charge is -2.13. The van der Waals surface area contributed by atoms with E-state index in [1.165, 1.54) is 11.0 Å². The first kappa shape index (κ1) is 20.3. The lowest BCUT2D eigenvalue weighted by molar-refractivity contribution is -0.118. The van der Waals surface area contributed by atoms with E-state index in [0.29, 0.717) is 30.9 Å². The third-order valence-corrected chi connectivity index (χ3v) is 4.64. The standard InChI is InChI=1S/C21H23N3O5/c22-20(27)10-7-17-13-24(21(28)29-17)16-5-1-14(2-6-16)15-3-8-18(23-11-12-25)19(26)9-4-15/h1-6,8-9,17,25H,7,10-13H2,(H2,22,27)(H,23,26). The number of hydrogen-bond acceptors (Lipinski definition) is 6. The molecule has 1 saturated heterocycles. The van der Waals surface area contributed by atoms with Crippen LogP contribution in [0.15, 0.2) is 53.3 Å². The number of cyclic esters (lactones) is 1. The summed E-state index contributed by atoms with van der Waals surface area (Å²) in [4.78, 5) is 36.6. The van der Waals surface area contributed by atoms with Crippen molar-refractivity contribution in [1.29, 1.82) is 0 Å². The molecule has 2 aromatic rings. The molecule has 3 rings (SSSR count). The van der Waals surface area contributed by atoms with Crippen molar-refractivity contribution in [3.05, 3.63) is 58.8 Å². The van der Waals surface area contributed by atoms with Crippen LogP contribution in [0.25, 0.3) is 11.1 Å². The summed E-state index contributed by atoms with van der Waals surface area (Å²) in [5.74, 6) is -0.421. The number of anilines is 2. The van der Waals surface area contributed by atoms with Crippen LogP contribution in [0.3, 0.4) is 0 Å². The van der Waals surface area contributed by atoms with Crippen LogP contribution < -0.4 is 21.4 Å². The second-order valence-corrected chi connectivity index (χ2v) is 6.72. The Hall–Kier alpha value is -3.39. The molecule has 0 aromatic heterocycles. The Balaban J connectivity index is 1.73. The van der Waals surface area contributed by atoms with Crippen molar-refractivity contribution in [2.75, 3.05) is 29.9 Å². The molecule has 2 amide bonds. The van der Waals surface area contributed by atoms with Crippen molar-refractivity contribution in [3.63, 3.8) is 0 Å².